The summed E-state index contributed by atoms with van der Waals surface area (Å²) >= 11 is 0. The molecule has 3 rings (SSSR count). The van der Waals surface area contributed by atoms with Gasteiger partial charge in [-0.1, -0.05) is 18.2 Å². The van der Waals surface area contributed by atoms with Crippen LogP contribution in [0.5, 0.6) is 0 Å². The topological polar surface area (TPSA) is 68.1 Å². The van der Waals surface area contributed by atoms with Gasteiger partial charge >= 0.3 is 0 Å². The van der Waals surface area contributed by atoms with E-state index in [9.17, 15) is 8.42 Å². The van der Waals surface area contributed by atoms with Gasteiger partial charge in [0, 0.05) is 6.04 Å². The number of nitrogens with zero attached hydrogens (tertiary/aromatic N) is 4. The largest absolute Gasteiger partial charge is 0.299 e. The first kappa shape index (κ1) is 16.1. The second kappa shape index (κ2) is 7.23. The van der Waals surface area contributed by atoms with Gasteiger partial charge in [0.2, 0.25) is 0 Å². The molecule has 124 valence electrons. The minimum Gasteiger partial charge on any atom is -0.299 e. The second-order valence-corrected chi connectivity index (χ2v) is 8.04. The standard InChI is InChI=1S/C16H22N4O2S/c21-23(22,16-7-2-1-3-8-16)11-5-10-19-9-4-6-15(19)12-20-14-17-13-18-20/h1-3,7-8,13-15H,4-6,9-12H2/t15-/m0/s1. The first-order valence-corrected chi connectivity index (χ1v) is 9.65. The van der Waals surface area contributed by atoms with Crippen molar-refractivity contribution in [1.29, 1.82) is 0 Å². The van der Waals surface area contributed by atoms with Gasteiger partial charge in [-0.3, -0.25) is 9.58 Å². The van der Waals surface area contributed by atoms with Crippen molar-refractivity contribution in [3.8, 4) is 0 Å². The van der Waals surface area contributed by atoms with Crippen molar-refractivity contribution < 1.29 is 8.42 Å². The van der Waals surface area contributed by atoms with Crippen LogP contribution in [0.15, 0.2) is 47.9 Å². The zero-order valence-electron chi connectivity index (χ0n) is 13.1. The van der Waals surface area contributed by atoms with Crippen molar-refractivity contribution >= 4 is 9.84 Å². The number of likely N-dealkylation sites (tertiary alicyclic amines) is 1. The molecule has 0 amide bonds. The monoisotopic (exact) mass is 334 g/mol. The van der Waals surface area contributed by atoms with Gasteiger partial charge in [-0.25, -0.2) is 13.4 Å². The van der Waals surface area contributed by atoms with E-state index in [1.165, 1.54) is 0 Å². The summed E-state index contributed by atoms with van der Waals surface area (Å²) in [7, 11) is -3.17. The lowest BCUT2D eigenvalue weighted by molar-refractivity contribution is 0.228. The molecule has 0 radical (unpaired) electrons. The van der Waals surface area contributed by atoms with Gasteiger partial charge in [-0.05, 0) is 44.5 Å². The van der Waals surface area contributed by atoms with Crippen molar-refractivity contribution in [3.63, 3.8) is 0 Å². The van der Waals surface area contributed by atoms with Gasteiger partial charge in [0.15, 0.2) is 9.84 Å². The van der Waals surface area contributed by atoms with Crippen molar-refractivity contribution in [3.05, 3.63) is 43.0 Å². The van der Waals surface area contributed by atoms with E-state index in [1.807, 2.05) is 10.7 Å². The molecule has 0 unspecified atom stereocenters. The Bertz CT molecular complexity index is 701. The average molecular weight is 334 g/mol. The summed E-state index contributed by atoms with van der Waals surface area (Å²) in [5, 5.41) is 4.16. The summed E-state index contributed by atoms with van der Waals surface area (Å²) in [6, 6.07) is 9.12. The summed E-state index contributed by atoms with van der Waals surface area (Å²) in [6.07, 6.45) is 6.23. The van der Waals surface area contributed by atoms with E-state index in [0.717, 1.165) is 32.5 Å². The zero-order chi connectivity index (χ0) is 16.1. The van der Waals surface area contributed by atoms with Crippen LogP contribution in [0.25, 0.3) is 0 Å². The SMILES string of the molecule is O=S(=O)(CCCN1CCC[C@H]1Cn1cncn1)c1ccccc1. The van der Waals surface area contributed by atoms with Gasteiger partial charge in [0.25, 0.3) is 0 Å². The highest BCUT2D eigenvalue weighted by Gasteiger charge is 2.25. The fourth-order valence-corrected chi connectivity index (χ4v) is 4.46. The van der Waals surface area contributed by atoms with Crippen LogP contribution >= 0.6 is 0 Å². The third-order valence-corrected chi connectivity index (χ3v) is 6.14. The second-order valence-electron chi connectivity index (χ2n) is 5.94. The van der Waals surface area contributed by atoms with Crippen molar-refractivity contribution in [2.24, 2.45) is 0 Å². The van der Waals surface area contributed by atoms with E-state index in [1.54, 1.807) is 36.9 Å². The molecule has 23 heavy (non-hydrogen) atoms. The van der Waals surface area contributed by atoms with Crippen LogP contribution in [0.3, 0.4) is 0 Å². The van der Waals surface area contributed by atoms with Crippen molar-refractivity contribution in [2.45, 2.75) is 36.7 Å². The molecule has 6 nitrogen and oxygen atoms in total. The third kappa shape index (κ3) is 4.17. The van der Waals surface area contributed by atoms with E-state index in [-0.39, 0.29) is 5.75 Å². The summed E-state index contributed by atoms with van der Waals surface area (Å²) in [4.78, 5) is 6.77. The highest BCUT2D eigenvalue weighted by atomic mass is 32.2. The Labute approximate surface area is 137 Å². The maximum Gasteiger partial charge on any atom is 0.178 e. The van der Waals surface area contributed by atoms with Gasteiger partial charge in [0.05, 0.1) is 17.2 Å². The van der Waals surface area contributed by atoms with Crippen LogP contribution in [-0.4, -0.2) is 53.0 Å². The zero-order valence-corrected chi connectivity index (χ0v) is 13.9. The molecule has 0 aliphatic carbocycles. The third-order valence-electron chi connectivity index (χ3n) is 4.32. The van der Waals surface area contributed by atoms with Crippen molar-refractivity contribution in [1.82, 2.24) is 19.7 Å². The Balaban J connectivity index is 1.52. The maximum absolute atomic E-state index is 12.3. The first-order chi connectivity index (χ1) is 11.1. The highest BCUT2D eigenvalue weighted by Crippen LogP contribution is 2.19. The molecule has 2 aromatic rings. The summed E-state index contributed by atoms with van der Waals surface area (Å²) in [6.45, 7) is 2.67. The summed E-state index contributed by atoms with van der Waals surface area (Å²) < 4.78 is 26.5. The Morgan fingerprint density at radius 1 is 1.22 bits per heavy atom. The van der Waals surface area contributed by atoms with Crippen LogP contribution in [0.2, 0.25) is 0 Å². The predicted molar refractivity (Wildman–Crippen MR) is 87.7 cm³/mol. The molecular weight excluding hydrogens is 312 g/mol. The number of aromatic nitrogens is 3. The normalized spacial score (nSPS) is 19.2. The van der Waals surface area contributed by atoms with Gasteiger partial charge in [-0.2, -0.15) is 5.10 Å². The number of hydrogen-bond acceptors (Lipinski definition) is 5. The summed E-state index contributed by atoms with van der Waals surface area (Å²) in [5.41, 5.74) is 0. The van der Waals surface area contributed by atoms with E-state index < -0.39 is 9.84 Å². The summed E-state index contributed by atoms with van der Waals surface area (Å²) in [5.74, 6) is 0.198. The van der Waals surface area contributed by atoms with E-state index in [2.05, 4.69) is 15.0 Å². The van der Waals surface area contributed by atoms with Crippen LogP contribution in [0.1, 0.15) is 19.3 Å². The van der Waals surface area contributed by atoms with Crippen LogP contribution in [0.4, 0.5) is 0 Å². The van der Waals surface area contributed by atoms with E-state index in [4.69, 9.17) is 0 Å². The number of rotatable bonds is 7. The van der Waals surface area contributed by atoms with Gasteiger partial charge in [0.1, 0.15) is 12.7 Å². The molecule has 1 atom stereocenters. The Morgan fingerprint density at radius 2 is 2.04 bits per heavy atom. The van der Waals surface area contributed by atoms with Gasteiger partial charge in [-0.15, -0.1) is 0 Å². The molecule has 1 saturated heterocycles. The molecule has 2 heterocycles. The molecular formula is C16H22N4O2S. The fraction of sp³-hybridized carbons (Fsp3) is 0.500. The Morgan fingerprint density at radius 3 is 2.78 bits per heavy atom. The molecule has 1 fully saturated rings. The lowest BCUT2D eigenvalue weighted by atomic mass is 10.2. The lowest BCUT2D eigenvalue weighted by Gasteiger charge is -2.24. The quantitative estimate of drug-likeness (QED) is 0.769. The smallest absolute Gasteiger partial charge is 0.178 e. The highest BCUT2D eigenvalue weighted by molar-refractivity contribution is 7.91. The number of sulfone groups is 1. The minimum absolute atomic E-state index is 0.198. The molecule has 7 heteroatoms. The lowest BCUT2D eigenvalue weighted by Crippen LogP contribution is -2.34. The maximum atomic E-state index is 12.3. The minimum atomic E-state index is -3.17. The average Bonchev–Trinajstić information content (AvgIpc) is 3.21. The first-order valence-electron chi connectivity index (χ1n) is 7.99. The molecule has 1 aliphatic heterocycles. The Kier molecular flexibility index (Phi) is 5.07. The molecule has 0 saturated carbocycles. The molecule has 0 N–H and O–H groups in total. The van der Waals surface area contributed by atoms with Crippen LogP contribution < -0.4 is 0 Å². The van der Waals surface area contributed by atoms with Crippen molar-refractivity contribution in [2.75, 3.05) is 18.8 Å². The molecule has 1 aromatic carbocycles. The fourth-order valence-electron chi connectivity index (χ4n) is 3.14. The number of benzene rings is 1. The van der Waals surface area contributed by atoms with Gasteiger partial charge < -0.3 is 0 Å². The molecule has 1 aliphatic rings. The molecule has 0 spiro atoms. The van der Waals surface area contributed by atoms with Crippen LogP contribution in [0, 0.1) is 0 Å². The Hall–Kier alpha value is -1.73. The number of hydrogen-bond donors (Lipinski definition) is 0. The van der Waals surface area contributed by atoms with Crippen LogP contribution in [-0.2, 0) is 16.4 Å². The molecule has 0 bridgehead atoms. The molecule has 1 aromatic heterocycles. The predicted octanol–water partition coefficient (Wildman–Crippen LogP) is 1.61. The van der Waals surface area contributed by atoms with E-state index in [0.29, 0.717) is 17.4 Å². The van der Waals surface area contributed by atoms with E-state index >= 15 is 0 Å².